The van der Waals surface area contributed by atoms with Crippen molar-refractivity contribution >= 4 is 0 Å². The van der Waals surface area contributed by atoms with E-state index in [1.807, 2.05) is 65.8 Å². The molecule has 0 N–H and O–H groups in total. The van der Waals surface area contributed by atoms with Gasteiger partial charge in [0, 0.05) is 0 Å². The van der Waals surface area contributed by atoms with E-state index in [-0.39, 0.29) is 30.5 Å². The Kier molecular flexibility index (Phi) is 5.65. The predicted octanol–water partition coefficient (Wildman–Crippen LogP) is 3.39. The topological polar surface area (TPSA) is 64.6 Å². The van der Waals surface area contributed by atoms with Gasteiger partial charge < -0.3 is 33.2 Å². The van der Waals surface area contributed by atoms with Gasteiger partial charge in [0.05, 0.1) is 19.3 Å². The number of benzene rings is 1. The summed E-state index contributed by atoms with van der Waals surface area (Å²) in [5.41, 5.74) is 1.05. The number of hydrogen-bond donors (Lipinski definition) is 0. The van der Waals surface area contributed by atoms with Crippen molar-refractivity contribution in [3.05, 3.63) is 29.8 Å². The van der Waals surface area contributed by atoms with Crippen LogP contribution in [0.25, 0.3) is 0 Å². The summed E-state index contributed by atoms with van der Waals surface area (Å²) in [4.78, 5) is 0. The molecule has 162 valence electrons. The van der Waals surface area contributed by atoms with E-state index in [0.717, 1.165) is 11.3 Å². The van der Waals surface area contributed by atoms with Gasteiger partial charge in [-0.3, -0.25) is 0 Å². The maximum atomic E-state index is 6.30. The van der Waals surface area contributed by atoms with Crippen LogP contribution in [0.2, 0.25) is 0 Å². The summed E-state index contributed by atoms with van der Waals surface area (Å²) in [6, 6.07) is 7.93. The first kappa shape index (κ1) is 21.0. The summed E-state index contributed by atoms with van der Waals surface area (Å²) in [7, 11) is 0. The Balaban J connectivity index is 1.44. The lowest BCUT2D eigenvalue weighted by molar-refractivity contribution is -0.236. The van der Waals surface area contributed by atoms with Gasteiger partial charge in [-0.25, -0.2) is 0 Å². The Morgan fingerprint density at radius 3 is 2.31 bits per heavy atom. The second-order valence-electron chi connectivity index (χ2n) is 9.02. The standard InChI is InChI=1S/C22H32O7/c1-13(2)25-15-9-7-14(8-10-15)11-23-18-17(16-12-24-21(3,4)27-16)26-20-19(18)28-22(5,6)29-20/h7-10,13,16-20H,11-12H2,1-6H3/t16-,17+,18-,19+,20+/m0/s1. The molecule has 3 aliphatic heterocycles. The Morgan fingerprint density at radius 2 is 1.69 bits per heavy atom. The quantitative estimate of drug-likeness (QED) is 0.715. The normalized spacial score (nSPS) is 35.2. The molecule has 29 heavy (non-hydrogen) atoms. The van der Waals surface area contributed by atoms with Gasteiger partial charge in [-0.1, -0.05) is 12.1 Å². The maximum Gasteiger partial charge on any atom is 0.190 e. The molecule has 7 nitrogen and oxygen atoms in total. The fourth-order valence-corrected chi connectivity index (χ4v) is 4.00. The molecule has 1 aromatic rings. The summed E-state index contributed by atoms with van der Waals surface area (Å²) in [6.07, 6.45) is -1.54. The van der Waals surface area contributed by atoms with Crippen LogP contribution in [0.1, 0.15) is 47.1 Å². The first-order valence-electron chi connectivity index (χ1n) is 10.3. The molecule has 0 unspecified atom stereocenters. The van der Waals surface area contributed by atoms with Gasteiger partial charge in [-0.05, 0) is 59.2 Å². The Morgan fingerprint density at radius 1 is 0.966 bits per heavy atom. The second-order valence-corrected chi connectivity index (χ2v) is 9.02. The van der Waals surface area contributed by atoms with E-state index in [9.17, 15) is 0 Å². The van der Waals surface area contributed by atoms with E-state index < -0.39 is 17.9 Å². The van der Waals surface area contributed by atoms with E-state index in [4.69, 9.17) is 33.2 Å². The van der Waals surface area contributed by atoms with Crippen molar-refractivity contribution in [3.8, 4) is 5.75 Å². The number of ether oxygens (including phenoxy) is 7. The van der Waals surface area contributed by atoms with Crippen LogP contribution in [0.15, 0.2) is 24.3 Å². The van der Waals surface area contributed by atoms with E-state index in [1.165, 1.54) is 0 Å². The molecule has 3 fully saturated rings. The minimum atomic E-state index is -0.704. The monoisotopic (exact) mass is 408 g/mol. The van der Waals surface area contributed by atoms with Gasteiger partial charge >= 0.3 is 0 Å². The van der Waals surface area contributed by atoms with E-state index in [0.29, 0.717) is 13.2 Å². The van der Waals surface area contributed by atoms with Crippen LogP contribution in [0.5, 0.6) is 5.75 Å². The van der Waals surface area contributed by atoms with Gasteiger partial charge in [0.25, 0.3) is 0 Å². The number of fused-ring (bicyclic) bond motifs is 1. The fourth-order valence-electron chi connectivity index (χ4n) is 4.00. The fraction of sp³-hybridized carbons (Fsp3) is 0.727. The number of hydrogen-bond acceptors (Lipinski definition) is 7. The smallest absolute Gasteiger partial charge is 0.190 e. The van der Waals surface area contributed by atoms with Crippen LogP contribution in [0.3, 0.4) is 0 Å². The molecular formula is C22H32O7. The lowest BCUT2D eigenvalue weighted by atomic mass is 10.1. The third kappa shape index (κ3) is 4.76. The number of rotatable bonds is 6. The highest BCUT2D eigenvalue weighted by molar-refractivity contribution is 5.27. The zero-order chi connectivity index (χ0) is 20.8. The summed E-state index contributed by atoms with van der Waals surface area (Å²) in [5, 5.41) is 0. The van der Waals surface area contributed by atoms with Crippen LogP contribution in [-0.2, 0) is 35.0 Å². The SMILES string of the molecule is CC(C)Oc1ccc(CO[C@@H]2[C@H]3OC(C)(C)O[C@H]3O[C@@H]2[C@@H]2COC(C)(C)O2)cc1. The molecule has 0 aliphatic carbocycles. The van der Waals surface area contributed by atoms with Crippen LogP contribution in [0.4, 0.5) is 0 Å². The lowest BCUT2D eigenvalue weighted by Crippen LogP contribution is -2.44. The largest absolute Gasteiger partial charge is 0.491 e. The first-order valence-corrected chi connectivity index (χ1v) is 10.3. The summed E-state index contributed by atoms with van der Waals surface area (Å²) in [6.45, 7) is 12.5. The first-order chi connectivity index (χ1) is 13.6. The zero-order valence-corrected chi connectivity index (χ0v) is 18.0. The third-order valence-electron chi connectivity index (χ3n) is 5.16. The Hall–Kier alpha value is -1.22. The molecule has 3 saturated heterocycles. The van der Waals surface area contributed by atoms with E-state index >= 15 is 0 Å². The molecule has 0 bridgehead atoms. The van der Waals surface area contributed by atoms with Crippen LogP contribution >= 0.6 is 0 Å². The highest BCUT2D eigenvalue weighted by Crippen LogP contribution is 2.42. The van der Waals surface area contributed by atoms with E-state index in [2.05, 4.69) is 0 Å². The van der Waals surface area contributed by atoms with Gasteiger partial charge in [0.15, 0.2) is 17.9 Å². The van der Waals surface area contributed by atoms with Gasteiger partial charge in [-0.2, -0.15) is 0 Å². The predicted molar refractivity (Wildman–Crippen MR) is 104 cm³/mol. The molecule has 0 saturated carbocycles. The minimum absolute atomic E-state index is 0.145. The maximum absolute atomic E-state index is 6.30. The minimum Gasteiger partial charge on any atom is -0.491 e. The molecule has 0 spiro atoms. The molecule has 0 radical (unpaired) electrons. The van der Waals surface area contributed by atoms with Gasteiger partial charge in [0.1, 0.15) is 30.2 Å². The summed E-state index contributed by atoms with van der Waals surface area (Å²) >= 11 is 0. The highest BCUT2D eigenvalue weighted by Gasteiger charge is 2.58. The molecule has 0 amide bonds. The molecule has 3 aliphatic rings. The van der Waals surface area contributed by atoms with Crippen LogP contribution in [-0.4, -0.2) is 55.0 Å². The third-order valence-corrected chi connectivity index (χ3v) is 5.16. The average Bonchev–Trinajstić information content (AvgIpc) is 3.23. The van der Waals surface area contributed by atoms with Crippen LogP contribution in [0, 0.1) is 0 Å². The van der Waals surface area contributed by atoms with Crippen molar-refractivity contribution in [3.63, 3.8) is 0 Å². The zero-order valence-electron chi connectivity index (χ0n) is 18.0. The molecule has 0 aromatic heterocycles. The average molecular weight is 408 g/mol. The van der Waals surface area contributed by atoms with Crippen molar-refractivity contribution in [2.24, 2.45) is 0 Å². The second kappa shape index (κ2) is 7.80. The van der Waals surface area contributed by atoms with Crippen molar-refractivity contribution in [1.29, 1.82) is 0 Å². The van der Waals surface area contributed by atoms with Gasteiger partial charge in [0.2, 0.25) is 0 Å². The van der Waals surface area contributed by atoms with Crippen molar-refractivity contribution in [1.82, 2.24) is 0 Å². The summed E-state index contributed by atoms with van der Waals surface area (Å²) < 4.78 is 41.9. The van der Waals surface area contributed by atoms with Gasteiger partial charge in [-0.15, -0.1) is 0 Å². The van der Waals surface area contributed by atoms with Crippen molar-refractivity contribution in [2.45, 2.75) is 96.5 Å². The Labute approximate surface area is 172 Å². The molecule has 1 aromatic carbocycles. The summed E-state index contributed by atoms with van der Waals surface area (Å²) in [5.74, 6) is -0.494. The van der Waals surface area contributed by atoms with Crippen molar-refractivity contribution in [2.75, 3.05) is 6.61 Å². The van der Waals surface area contributed by atoms with Crippen LogP contribution < -0.4 is 4.74 Å². The molecule has 4 rings (SSSR count). The van der Waals surface area contributed by atoms with E-state index in [1.54, 1.807) is 0 Å². The molecule has 7 heteroatoms. The highest BCUT2D eigenvalue weighted by atomic mass is 16.8. The molecular weight excluding hydrogens is 376 g/mol. The Bertz CT molecular complexity index is 700. The molecule has 3 heterocycles. The molecule has 5 atom stereocenters. The van der Waals surface area contributed by atoms with Crippen molar-refractivity contribution < 1.29 is 33.2 Å². The lowest BCUT2D eigenvalue weighted by Gasteiger charge is -2.29.